The van der Waals surface area contributed by atoms with Crippen LogP contribution in [-0.2, 0) is 0 Å². The second kappa shape index (κ2) is 7.04. The molecule has 1 aliphatic carbocycles. The van der Waals surface area contributed by atoms with E-state index in [-0.39, 0.29) is 0 Å². The topological polar surface area (TPSA) is 0 Å². The first-order valence-electron chi connectivity index (χ1n) is 5.05. The Kier molecular flexibility index (Phi) is 5.92. The SMILES string of the molecule is C=C/C=C\CC(CI)C1C=CC=CC1. The maximum absolute atomic E-state index is 3.68. The van der Waals surface area contributed by atoms with Crippen molar-refractivity contribution in [2.24, 2.45) is 11.8 Å². The number of allylic oxidation sites excluding steroid dienone is 7. The van der Waals surface area contributed by atoms with Crippen molar-refractivity contribution in [2.75, 3.05) is 4.43 Å². The molecule has 1 aliphatic rings. The predicted molar refractivity (Wildman–Crippen MR) is 72.7 cm³/mol. The van der Waals surface area contributed by atoms with Gasteiger partial charge < -0.3 is 0 Å². The summed E-state index contributed by atoms with van der Waals surface area (Å²) in [6.45, 7) is 3.68. The molecule has 0 amide bonds. The zero-order valence-electron chi connectivity index (χ0n) is 8.40. The lowest BCUT2D eigenvalue weighted by atomic mass is 9.86. The number of rotatable bonds is 5. The number of alkyl halides is 1. The standard InChI is InChI=1S/C13H17I/c1-2-3-5-10-13(11-14)12-8-6-4-7-9-12/h2-8,12-13H,1,9-11H2/b5-3-. The molecule has 76 valence electrons. The molecule has 0 saturated carbocycles. The smallest absolute Gasteiger partial charge is 0.00323 e. The highest BCUT2D eigenvalue weighted by Gasteiger charge is 2.16. The molecular formula is C13H17I. The molecule has 0 saturated heterocycles. The zero-order valence-corrected chi connectivity index (χ0v) is 10.6. The van der Waals surface area contributed by atoms with Crippen LogP contribution in [-0.4, -0.2) is 4.43 Å². The van der Waals surface area contributed by atoms with Gasteiger partial charge in [-0.3, -0.25) is 0 Å². The highest BCUT2D eigenvalue weighted by atomic mass is 127. The molecule has 1 heteroatoms. The van der Waals surface area contributed by atoms with Gasteiger partial charge in [-0.25, -0.2) is 0 Å². The fourth-order valence-corrected chi connectivity index (χ4v) is 2.66. The maximum atomic E-state index is 3.68. The van der Waals surface area contributed by atoms with Crippen molar-refractivity contribution in [3.05, 3.63) is 49.1 Å². The molecule has 0 nitrogen and oxygen atoms in total. The lowest BCUT2D eigenvalue weighted by molar-refractivity contribution is 0.447. The highest BCUT2D eigenvalue weighted by Crippen LogP contribution is 2.26. The molecule has 0 aromatic heterocycles. The van der Waals surface area contributed by atoms with E-state index in [0.717, 1.165) is 18.3 Å². The van der Waals surface area contributed by atoms with Crippen LogP contribution in [0.15, 0.2) is 49.1 Å². The van der Waals surface area contributed by atoms with Crippen molar-refractivity contribution in [3.8, 4) is 0 Å². The fourth-order valence-electron chi connectivity index (χ4n) is 1.65. The normalized spacial score (nSPS) is 22.8. The predicted octanol–water partition coefficient (Wildman–Crippen LogP) is 4.30. The van der Waals surface area contributed by atoms with Crippen molar-refractivity contribution in [3.63, 3.8) is 0 Å². The minimum absolute atomic E-state index is 0.728. The van der Waals surface area contributed by atoms with Crippen LogP contribution in [0.1, 0.15) is 12.8 Å². The lowest BCUT2D eigenvalue weighted by Crippen LogP contribution is -2.14. The van der Waals surface area contributed by atoms with E-state index in [0.29, 0.717) is 0 Å². The van der Waals surface area contributed by atoms with Crippen LogP contribution in [0.4, 0.5) is 0 Å². The summed E-state index contributed by atoms with van der Waals surface area (Å²) in [6, 6.07) is 0. The number of halogens is 1. The van der Waals surface area contributed by atoms with Gasteiger partial charge in [0.15, 0.2) is 0 Å². The van der Waals surface area contributed by atoms with Gasteiger partial charge in [-0.15, -0.1) is 0 Å². The third kappa shape index (κ3) is 3.82. The lowest BCUT2D eigenvalue weighted by Gasteiger charge is -2.21. The van der Waals surface area contributed by atoms with Crippen LogP contribution in [0, 0.1) is 11.8 Å². The van der Waals surface area contributed by atoms with Crippen molar-refractivity contribution in [1.82, 2.24) is 0 Å². The molecule has 0 bridgehead atoms. The van der Waals surface area contributed by atoms with Crippen LogP contribution in [0.3, 0.4) is 0 Å². The van der Waals surface area contributed by atoms with Gasteiger partial charge in [0, 0.05) is 4.43 Å². The Balaban J connectivity index is 2.44. The van der Waals surface area contributed by atoms with Gasteiger partial charge in [-0.05, 0) is 24.7 Å². The molecule has 2 unspecified atom stereocenters. The summed E-state index contributed by atoms with van der Waals surface area (Å²) >= 11 is 2.49. The van der Waals surface area contributed by atoms with E-state index in [1.54, 1.807) is 0 Å². The Hall–Kier alpha value is -0.310. The van der Waals surface area contributed by atoms with Gasteiger partial charge in [-0.2, -0.15) is 0 Å². The average Bonchev–Trinajstić information content (AvgIpc) is 2.26. The monoisotopic (exact) mass is 300 g/mol. The Morgan fingerprint density at radius 3 is 2.93 bits per heavy atom. The Morgan fingerprint density at radius 2 is 2.36 bits per heavy atom. The van der Waals surface area contributed by atoms with E-state index >= 15 is 0 Å². The molecule has 14 heavy (non-hydrogen) atoms. The van der Waals surface area contributed by atoms with E-state index in [2.05, 4.69) is 59.5 Å². The summed E-state index contributed by atoms with van der Waals surface area (Å²) in [4.78, 5) is 0. The summed E-state index contributed by atoms with van der Waals surface area (Å²) in [5, 5.41) is 0. The molecule has 0 spiro atoms. The summed E-state index contributed by atoms with van der Waals surface area (Å²) in [5.74, 6) is 1.50. The Labute approximate surface area is 101 Å². The molecule has 0 fully saturated rings. The molecule has 0 aromatic rings. The van der Waals surface area contributed by atoms with Gasteiger partial charge in [0.1, 0.15) is 0 Å². The van der Waals surface area contributed by atoms with E-state index in [1.807, 2.05) is 12.2 Å². The zero-order chi connectivity index (χ0) is 10.2. The Bertz CT molecular complexity index is 248. The Morgan fingerprint density at radius 1 is 1.50 bits per heavy atom. The van der Waals surface area contributed by atoms with E-state index < -0.39 is 0 Å². The molecule has 0 radical (unpaired) electrons. The van der Waals surface area contributed by atoms with E-state index in [1.165, 1.54) is 10.8 Å². The van der Waals surface area contributed by atoms with Gasteiger partial charge in [0.05, 0.1) is 0 Å². The quantitative estimate of drug-likeness (QED) is 0.403. The first-order valence-corrected chi connectivity index (χ1v) is 6.58. The van der Waals surface area contributed by atoms with Gasteiger partial charge in [-0.1, -0.05) is 71.7 Å². The van der Waals surface area contributed by atoms with Crippen molar-refractivity contribution in [1.29, 1.82) is 0 Å². The summed E-state index contributed by atoms with van der Waals surface area (Å²) in [5.41, 5.74) is 0. The van der Waals surface area contributed by atoms with E-state index in [4.69, 9.17) is 0 Å². The van der Waals surface area contributed by atoms with Crippen LogP contribution in [0.2, 0.25) is 0 Å². The summed E-state index contributed by atoms with van der Waals surface area (Å²) in [7, 11) is 0. The second-order valence-electron chi connectivity index (χ2n) is 3.53. The molecule has 0 heterocycles. The highest BCUT2D eigenvalue weighted by molar-refractivity contribution is 14.1. The number of hydrogen-bond donors (Lipinski definition) is 0. The van der Waals surface area contributed by atoms with Crippen molar-refractivity contribution >= 4 is 22.6 Å². The number of hydrogen-bond acceptors (Lipinski definition) is 0. The largest absolute Gasteiger partial charge is 0.0991 e. The first-order chi connectivity index (χ1) is 6.88. The maximum Gasteiger partial charge on any atom is 0.00323 e. The van der Waals surface area contributed by atoms with Gasteiger partial charge in [0.25, 0.3) is 0 Å². The molecule has 2 atom stereocenters. The molecule has 0 N–H and O–H groups in total. The van der Waals surface area contributed by atoms with Crippen LogP contribution < -0.4 is 0 Å². The molecule has 1 rings (SSSR count). The fraction of sp³-hybridized carbons (Fsp3) is 0.385. The van der Waals surface area contributed by atoms with Crippen LogP contribution >= 0.6 is 22.6 Å². The second-order valence-corrected chi connectivity index (χ2v) is 4.41. The van der Waals surface area contributed by atoms with Crippen LogP contribution in [0.25, 0.3) is 0 Å². The average molecular weight is 300 g/mol. The van der Waals surface area contributed by atoms with Gasteiger partial charge >= 0.3 is 0 Å². The first kappa shape index (κ1) is 11.8. The minimum Gasteiger partial charge on any atom is -0.0991 e. The van der Waals surface area contributed by atoms with Crippen molar-refractivity contribution < 1.29 is 0 Å². The van der Waals surface area contributed by atoms with E-state index in [9.17, 15) is 0 Å². The summed E-state index contributed by atoms with van der Waals surface area (Å²) < 4.78 is 1.22. The molecule has 0 aliphatic heterocycles. The van der Waals surface area contributed by atoms with Crippen LogP contribution in [0.5, 0.6) is 0 Å². The van der Waals surface area contributed by atoms with Gasteiger partial charge in [0.2, 0.25) is 0 Å². The minimum atomic E-state index is 0.728. The van der Waals surface area contributed by atoms with Crippen molar-refractivity contribution in [2.45, 2.75) is 12.8 Å². The molecule has 0 aromatic carbocycles. The third-order valence-corrected chi connectivity index (χ3v) is 3.66. The molecular weight excluding hydrogens is 283 g/mol. The summed E-state index contributed by atoms with van der Waals surface area (Å²) in [6.07, 6.45) is 17.4. The third-order valence-electron chi connectivity index (χ3n) is 2.53.